The molecule has 0 saturated carbocycles. The molecule has 2 amide bonds. The quantitative estimate of drug-likeness (QED) is 0.574. The highest BCUT2D eigenvalue weighted by Crippen LogP contribution is 2.33. The number of nitrogens with zero attached hydrogens (tertiary/aromatic N) is 3. The van der Waals surface area contributed by atoms with Gasteiger partial charge >= 0.3 is 6.03 Å². The number of urea groups is 1. The van der Waals surface area contributed by atoms with Crippen LogP contribution in [0.1, 0.15) is 24.8 Å². The fourth-order valence-electron chi connectivity index (χ4n) is 3.11. The molecule has 4 rings (SSSR count). The number of benzene rings is 2. The third-order valence-corrected chi connectivity index (χ3v) is 5.18. The summed E-state index contributed by atoms with van der Waals surface area (Å²) < 4.78 is 6.41. The van der Waals surface area contributed by atoms with E-state index in [1.807, 2.05) is 36.4 Å². The van der Waals surface area contributed by atoms with E-state index in [1.54, 1.807) is 17.0 Å². The van der Waals surface area contributed by atoms with Crippen molar-refractivity contribution in [3.05, 3.63) is 63.9 Å². The van der Waals surface area contributed by atoms with Gasteiger partial charge in [-0.3, -0.25) is 0 Å². The highest BCUT2D eigenvalue weighted by molar-refractivity contribution is 9.10. The Balaban J connectivity index is 1.51. The Morgan fingerprint density at radius 3 is 2.85 bits per heavy atom. The van der Waals surface area contributed by atoms with Gasteiger partial charge < -0.3 is 14.7 Å². The number of aromatic nitrogens is 2. The van der Waals surface area contributed by atoms with Gasteiger partial charge in [-0.15, -0.1) is 0 Å². The van der Waals surface area contributed by atoms with Crippen molar-refractivity contribution in [3.8, 4) is 11.4 Å². The van der Waals surface area contributed by atoms with Crippen LogP contribution in [0.5, 0.6) is 0 Å². The Morgan fingerprint density at radius 2 is 2.07 bits per heavy atom. The van der Waals surface area contributed by atoms with Gasteiger partial charge in [0.15, 0.2) is 0 Å². The Kier molecular flexibility index (Phi) is 5.13. The zero-order valence-electron chi connectivity index (χ0n) is 14.2. The number of anilines is 1. The van der Waals surface area contributed by atoms with Gasteiger partial charge in [0.1, 0.15) is 6.04 Å². The van der Waals surface area contributed by atoms with E-state index in [2.05, 4.69) is 31.4 Å². The number of hydrogen-bond acceptors (Lipinski definition) is 4. The molecule has 8 heteroatoms. The molecule has 1 aliphatic heterocycles. The Bertz CT molecular complexity index is 960. The topological polar surface area (TPSA) is 71.3 Å². The number of hydrogen-bond donors (Lipinski definition) is 1. The van der Waals surface area contributed by atoms with Crippen LogP contribution in [0.4, 0.5) is 10.5 Å². The standard InChI is InChI=1S/C19H16BrClN4O2/c20-13-6-8-15(9-7-13)22-19(26)25-10-2-5-16(25)18-23-17(24-27-18)12-3-1-4-14(21)11-12/h1,3-4,6-9,11,16H,2,5,10H2,(H,22,26). The molecule has 3 aromatic rings. The minimum Gasteiger partial charge on any atom is -0.337 e. The Labute approximate surface area is 169 Å². The Hall–Kier alpha value is -2.38. The monoisotopic (exact) mass is 446 g/mol. The van der Waals surface area contributed by atoms with Crippen molar-refractivity contribution in [1.82, 2.24) is 15.0 Å². The minimum absolute atomic E-state index is 0.178. The summed E-state index contributed by atoms with van der Waals surface area (Å²) >= 11 is 9.41. The molecule has 1 atom stereocenters. The molecule has 2 heterocycles. The van der Waals surface area contributed by atoms with E-state index in [9.17, 15) is 4.79 Å². The predicted octanol–water partition coefficient (Wildman–Crippen LogP) is 5.52. The Morgan fingerprint density at radius 1 is 1.26 bits per heavy atom. The lowest BCUT2D eigenvalue weighted by Gasteiger charge is -2.22. The third kappa shape index (κ3) is 3.99. The first-order valence-corrected chi connectivity index (χ1v) is 9.70. The zero-order chi connectivity index (χ0) is 18.8. The average molecular weight is 448 g/mol. The average Bonchev–Trinajstić information content (AvgIpc) is 3.33. The van der Waals surface area contributed by atoms with Gasteiger partial charge in [-0.2, -0.15) is 4.98 Å². The number of rotatable bonds is 3. The summed E-state index contributed by atoms with van der Waals surface area (Å²) in [6.45, 7) is 0.641. The summed E-state index contributed by atoms with van der Waals surface area (Å²) in [5, 5.41) is 7.57. The molecule has 0 bridgehead atoms. The summed E-state index contributed by atoms with van der Waals surface area (Å²) in [4.78, 5) is 18.9. The number of halogens is 2. The minimum atomic E-state index is -0.235. The van der Waals surface area contributed by atoms with Crippen LogP contribution in [0.3, 0.4) is 0 Å². The SMILES string of the molecule is O=C(Nc1ccc(Br)cc1)N1CCCC1c1nc(-c2cccc(Cl)c2)no1. The van der Waals surface area contributed by atoms with Crippen LogP contribution in [0.25, 0.3) is 11.4 Å². The molecular weight excluding hydrogens is 432 g/mol. The second-order valence-corrected chi connectivity index (χ2v) is 7.61. The van der Waals surface area contributed by atoms with E-state index < -0.39 is 0 Å². The van der Waals surface area contributed by atoms with Crippen LogP contribution >= 0.6 is 27.5 Å². The number of likely N-dealkylation sites (tertiary alicyclic amines) is 1. The second-order valence-electron chi connectivity index (χ2n) is 6.26. The lowest BCUT2D eigenvalue weighted by molar-refractivity contribution is 0.193. The maximum Gasteiger partial charge on any atom is 0.322 e. The first kappa shape index (κ1) is 18.0. The summed E-state index contributed by atoms with van der Waals surface area (Å²) in [5.41, 5.74) is 1.51. The molecule has 0 spiro atoms. The normalized spacial score (nSPS) is 16.5. The highest BCUT2D eigenvalue weighted by Gasteiger charge is 2.34. The summed E-state index contributed by atoms with van der Waals surface area (Å²) in [7, 11) is 0. The molecule has 1 aliphatic rings. The van der Waals surface area contributed by atoms with Crippen molar-refractivity contribution in [1.29, 1.82) is 0 Å². The summed E-state index contributed by atoms with van der Waals surface area (Å²) in [6.07, 6.45) is 1.66. The highest BCUT2D eigenvalue weighted by atomic mass is 79.9. The van der Waals surface area contributed by atoms with Crippen LogP contribution in [-0.2, 0) is 0 Å². The summed E-state index contributed by atoms with van der Waals surface area (Å²) in [5.74, 6) is 0.904. The molecule has 2 aromatic carbocycles. The molecule has 1 fully saturated rings. The lowest BCUT2D eigenvalue weighted by Crippen LogP contribution is -2.34. The van der Waals surface area contributed by atoms with E-state index in [4.69, 9.17) is 16.1 Å². The zero-order valence-corrected chi connectivity index (χ0v) is 16.6. The van der Waals surface area contributed by atoms with Crippen LogP contribution < -0.4 is 5.32 Å². The molecule has 1 saturated heterocycles. The molecule has 138 valence electrons. The lowest BCUT2D eigenvalue weighted by atomic mass is 10.2. The molecule has 27 heavy (non-hydrogen) atoms. The maximum absolute atomic E-state index is 12.7. The predicted molar refractivity (Wildman–Crippen MR) is 107 cm³/mol. The number of amides is 2. The van der Waals surface area contributed by atoms with Crippen molar-refractivity contribution in [2.75, 3.05) is 11.9 Å². The van der Waals surface area contributed by atoms with Crippen LogP contribution in [0.15, 0.2) is 57.5 Å². The van der Waals surface area contributed by atoms with E-state index in [1.165, 1.54) is 0 Å². The number of carbonyl (C=O) groups excluding carboxylic acids is 1. The molecule has 1 N–H and O–H groups in total. The van der Waals surface area contributed by atoms with E-state index in [0.717, 1.165) is 28.6 Å². The first-order chi connectivity index (χ1) is 13.1. The number of carbonyl (C=O) groups is 1. The van der Waals surface area contributed by atoms with Gasteiger partial charge in [0.25, 0.3) is 0 Å². The molecule has 1 aromatic heterocycles. The van der Waals surface area contributed by atoms with E-state index in [0.29, 0.717) is 23.3 Å². The largest absolute Gasteiger partial charge is 0.337 e. The van der Waals surface area contributed by atoms with E-state index in [-0.39, 0.29) is 12.1 Å². The smallest absolute Gasteiger partial charge is 0.322 e. The maximum atomic E-state index is 12.7. The molecule has 1 unspecified atom stereocenters. The van der Waals surface area contributed by atoms with E-state index >= 15 is 0 Å². The van der Waals surface area contributed by atoms with Gasteiger partial charge in [-0.25, -0.2) is 4.79 Å². The van der Waals surface area contributed by atoms with Crippen LogP contribution in [-0.4, -0.2) is 27.6 Å². The number of nitrogens with one attached hydrogen (secondary N) is 1. The van der Waals surface area contributed by atoms with Gasteiger partial charge in [0.05, 0.1) is 0 Å². The second kappa shape index (κ2) is 7.70. The first-order valence-electron chi connectivity index (χ1n) is 8.53. The van der Waals surface area contributed by atoms with Gasteiger partial charge in [-0.05, 0) is 49.2 Å². The van der Waals surface area contributed by atoms with Crippen molar-refractivity contribution < 1.29 is 9.32 Å². The third-order valence-electron chi connectivity index (χ3n) is 4.42. The van der Waals surface area contributed by atoms with Crippen LogP contribution in [0, 0.1) is 0 Å². The van der Waals surface area contributed by atoms with Crippen LogP contribution in [0.2, 0.25) is 5.02 Å². The summed E-state index contributed by atoms with van der Waals surface area (Å²) in [6, 6.07) is 14.3. The van der Waals surface area contributed by atoms with Gasteiger partial charge in [0.2, 0.25) is 11.7 Å². The van der Waals surface area contributed by atoms with Gasteiger partial charge in [-0.1, -0.05) is 44.8 Å². The van der Waals surface area contributed by atoms with Crippen molar-refractivity contribution in [2.24, 2.45) is 0 Å². The fourth-order valence-corrected chi connectivity index (χ4v) is 3.57. The van der Waals surface area contributed by atoms with Crippen molar-refractivity contribution in [2.45, 2.75) is 18.9 Å². The molecule has 0 aliphatic carbocycles. The van der Waals surface area contributed by atoms with Crippen molar-refractivity contribution in [3.63, 3.8) is 0 Å². The molecular formula is C19H16BrClN4O2. The molecule has 6 nitrogen and oxygen atoms in total. The fraction of sp³-hybridized carbons (Fsp3) is 0.211. The van der Waals surface area contributed by atoms with Crippen molar-refractivity contribution >= 4 is 39.2 Å². The molecule has 0 radical (unpaired) electrons. The van der Waals surface area contributed by atoms with Gasteiger partial charge in [0, 0.05) is 27.3 Å².